The highest BCUT2D eigenvalue weighted by atomic mass is 19.4. The van der Waals surface area contributed by atoms with Gasteiger partial charge in [-0.25, -0.2) is 4.39 Å². The molecule has 0 saturated heterocycles. The second kappa shape index (κ2) is 2.98. The molecule has 0 fully saturated rings. The summed E-state index contributed by atoms with van der Waals surface area (Å²) in [6.45, 7) is 1.66. The van der Waals surface area contributed by atoms with E-state index in [9.17, 15) is 17.6 Å². The number of nitrogens with one attached hydrogen (secondary N) is 1. The van der Waals surface area contributed by atoms with Gasteiger partial charge in [-0.2, -0.15) is 13.2 Å². The van der Waals surface area contributed by atoms with Crippen molar-refractivity contribution >= 4 is 10.9 Å². The van der Waals surface area contributed by atoms with E-state index in [1.165, 1.54) is 0 Å². The maximum atomic E-state index is 13.1. The second-order valence-corrected chi connectivity index (χ2v) is 3.35. The number of benzene rings is 1. The molecule has 15 heavy (non-hydrogen) atoms. The van der Waals surface area contributed by atoms with Gasteiger partial charge >= 0.3 is 6.18 Å². The molecule has 80 valence electrons. The van der Waals surface area contributed by atoms with E-state index in [1.54, 1.807) is 13.1 Å². The molecule has 5 heteroatoms. The molecule has 0 radical (unpaired) electrons. The first kappa shape index (κ1) is 10.0. The van der Waals surface area contributed by atoms with Crippen molar-refractivity contribution in [1.29, 1.82) is 0 Å². The number of aryl methyl sites for hydroxylation is 1. The molecule has 0 saturated carbocycles. The van der Waals surface area contributed by atoms with Crippen molar-refractivity contribution < 1.29 is 17.6 Å². The molecule has 0 amide bonds. The van der Waals surface area contributed by atoms with Gasteiger partial charge in [-0.15, -0.1) is 0 Å². The van der Waals surface area contributed by atoms with Crippen LogP contribution >= 0.6 is 0 Å². The minimum atomic E-state index is -4.65. The Labute approximate surface area is 82.7 Å². The van der Waals surface area contributed by atoms with E-state index in [2.05, 4.69) is 4.98 Å². The lowest BCUT2D eigenvalue weighted by molar-refractivity contribution is -0.139. The summed E-state index contributed by atoms with van der Waals surface area (Å²) in [4.78, 5) is 2.70. The van der Waals surface area contributed by atoms with Crippen LogP contribution in [0.15, 0.2) is 18.3 Å². The number of alkyl halides is 3. The summed E-state index contributed by atoms with van der Waals surface area (Å²) in [5, 5.41) is 0.392. The summed E-state index contributed by atoms with van der Waals surface area (Å²) < 4.78 is 50.2. The molecule has 2 aromatic rings. The number of H-pyrrole nitrogens is 1. The Bertz CT molecular complexity index is 510. The molecular weight excluding hydrogens is 210 g/mol. The molecule has 0 unspecified atom stereocenters. The largest absolute Gasteiger partial charge is 0.419 e. The van der Waals surface area contributed by atoms with Crippen LogP contribution in [-0.4, -0.2) is 4.98 Å². The molecule has 0 aliphatic rings. The van der Waals surface area contributed by atoms with Crippen LogP contribution in [0.1, 0.15) is 11.1 Å². The molecule has 0 atom stereocenters. The third-order valence-corrected chi connectivity index (χ3v) is 2.28. The maximum Gasteiger partial charge on any atom is 0.419 e. The van der Waals surface area contributed by atoms with Gasteiger partial charge in [0.2, 0.25) is 0 Å². The standard InChI is InChI=1S/C10H7F4N/c1-5-4-15-9-3-8(11)7(2-6(5)9)10(12,13)14/h2-4,15H,1H3. The topological polar surface area (TPSA) is 15.8 Å². The highest BCUT2D eigenvalue weighted by molar-refractivity contribution is 5.83. The zero-order valence-electron chi connectivity index (χ0n) is 7.74. The Morgan fingerprint density at radius 3 is 2.47 bits per heavy atom. The smallest absolute Gasteiger partial charge is 0.361 e. The average Bonchev–Trinajstić information content (AvgIpc) is 2.44. The van der Waals surface area contributed by atoms with Crippen molar-refractivity contribution in [2.45, 2.75) is 13.1 Å². The van der Waals surface area contributed by atoms with Crippen LogP contribution in [0.3, 0.4) is 0 Å². The predicted octanol–water partition coefficient (Wildman–Crippen LogP) is 3.63. The van der Waals surface area contributed by atoms with Crippen LogP contribution < -0.4 is 0 Å². The number of aromatic nitrogens is 1. The number of aromatic amines is 1. The van der Waals surface area contributed by atoms with Gasteiger partial charge in [-0.05, 0) is 24.6 Å². The minimum Gasteiger partial charge on any atom is -0.361 e. The van der Waals surface area contributed by atoms with Crippen molar-refractivity contribution in [2.75, 3.05) is 0 Å². The SMILES string of the molecule is Cc1c[nH]c2cc(F)c(C(F)(F)F)cc12. The van der Waals surface area contributed by atoms with Crippen molar-refractivity contribution in [2.24, 2.45) is 0 Å². The van der Waals surface area contributed by atoms with Crippen molar-refractivity contribution in [3.63, 3.8) is 0 Å². The van der Waals surface area contributed by atoms with E-state index in [-0.39, 0.29) is 0 Å². The molecule has 1 heterocycles. The predicted molar refractivity (Wildman–Crippen MR) is 48.0 cm³/mol. The van der Waals surface area contributed by atoms with Gasteiger partial charge in [-0.3, -0.25) is 0 Å². The summed E-state index contributed by atoms with van der Waals surface area (Å²) in [6.07, 6.45) is -3.10. The van der Waals surface area contributed by atoms with Crippen LogP contribution in [-0.2, 0) is 6.18 Å². The van der Waals surface area contributed by atoms with Crippen LogP contribution in [0.5, 0.6) is 0 Å². The number of halogens is 4. The first-order valence-corrected chi connectivity index (χ1v) is 4.24. The monoisotopic (exact) mass is 217 g/mol. The first-order chi connectivity index (χ1) is 6.89. The Kier molecular flexibility index (Phi) is 1.99. The van der Waals surface area contributed by atoms with Gasteiger partial charge in [0.25, 0.3) is 0 Å². The van der Waals surface area contributed by atoms with E-state index in [0.29, 0.717) is 16.5 Å². The lowest BCUT2D eigenvalue weighted by atomic mass is 10.1. The van der Waals surface area contributed by atoms with Gasteiger partial charge in [0, 0.05) is 17.1 Å². The quantitative estimate of drug-likeness (QED) is 0.648. The first-order valence-electron chi connectivity index (χ1n) is 4.24. The van der Waals surface area contributed by atoms with Crippen LogP contribution in [0, 0.1) is 12.7 Å². The van der Waals surface area contributed by atoms with Gasteiger partial charge in [0.15, 0.2) is 0 Å². The van der Waals surface area contributed by atoms with Gasteiger partial charge < -0.3 is 4.98 Å². The molecular formula is C10H7F4N. The van der Waals surface area contributed by atoms with E-state index < -0.39 is 17.6 Å². The van der Waals surface area contributed by atoms with Crippen molar-refractivity contribution in [1.82, 2.24) is 4.98 Å². The number of rotatable bonds is 0. The Morgan fingerprint density at radius 2 is 1.87 bits per heavy atom. The summed E-state index contributed by atoms with van der Waals surface area (Å²) in [5.74, 6) is -1.25. The van der Waals surface area contributed by atoms with Gasteiger partial charge in [0.05, 0.1) is 5.56 Å². The second-order valence-electron chi connectivity index (χ2n) is 3.35. The summed E-state index contributed by atoms with van der Waals surface area (Å²) >= 11 is 0. The molecule has 1 aromatic carbocycles. The Balaban J connectivity index is 2.76. The minimum absolute atomic E-state index is 0.373. The molecule has 1 N–H and O–H groups in total. The summed E-state index contributed by atoms with van der Waals surface area (Å²) in [7, 11) is 0. The van der Waals surface area contributed by atoms with Gasteiger partial charge in [-0.1, -0.05) is 0 Å². The molecule has 1 nitrogen and oxygen atoms in total. The summed E-state index contributed by atoms with van der Waals surface area (Å²) in [5.41, 5.74) is -0.189. The third-order valence-electron chi connectivity index (χ3n) is 2.28. The van der Waals surface area contributed by atoms with Crippen LogP contribution in [0.2, 0.25) is 0 Å². The van der Waals surface area contributed by atoms with Crippen molar-refractivity contribution in [3.05, 3.63) is 35.3 Å². The molecule has 2 rings (SSSR count). The number of hydrogen-bond donors (Lipinski definition) is 1. The Morgan fingerprint density at radius 1 is 1.20 bits per heavy atom. The highest BCUT2D eigenvalue weighted by Crippen LogP contribution is 2.34. The fourth-order valence-corrected chi connectivity index (χ4v) is 1.50. The Hall–Kier alpha value is -1.52. The van der Waals surface area contributed by atoms with E-state index in [4.69, 9.17) is 0 Å². The van der Waals surface area contributed by atoms with Gasteiger partial charge in [0.1, 0.15) is 5.82 Å². The number of hydrogen-bond acceptors (Lipinski definition) is 0. The van der Waals surface area contributed by atoms with Crippen molar-refractivity contribution in [3.8, 4) is 0 Å². The highest BCUT2D eigenvalue weighted by Gasteiger charge is 2.34. The molecule has 0 aliphatic carbocycles. The molecule has 1 aromatic heterocycles. The van der Waals surface area contributed by atoms with E-state index >= 15 is 0 Å². The fourth-order valence-electron chi connectivity index (χ4n) is 1.50. The average molecular weight is 217 g/mol. The zero-order chi connectivity index (χ0) is 11.2. The van der Waals surface area contributed by atoms with E-state index in [1.807, 2.05) is 0 Å². The number of fused-ring (bicyclic) bond motifs is 1. The zero-order valence-corrected chi connectivity index (χ0v) is 7.74. The lowest BCUT2D eigenvalue weighted by Gasteiger charge is -2.07. The fraction of sp³-hybridized carbons (Fsp3) is 0.200. The third kappa shape index (κ3) is 1.58. The molecule has 0 bridgehead atoms. The maximum absolute atomic E-state index is 13.1. The van der Waals surface area contributed by atoms with Crippen LogP contribution in [0.25, 0.3) is 10.9 Å². The summed E-state index contributed by atoms with van der Waals surface area (Å²) in [6, 6.07) is 1.70. The molecule has 0 spiro atoms. The normalized spacial score (nSPS) is 12.3. The lowest BCUT2D eigenvalue weighted by Crippen LogP contribution is -2.07. The van der Waals surface area contributed by atoms with Crippen LogP contribution in [0.4, 0.5) is 17.6 Å². The van der Waals surface area contributed by atoms with E-state index in [0.717, 1.165) is 12.1 Å². The molecule has 0 aliphatic heterocycles.